The Bertz CT molecular complexity index is 1230. The lowest BCUT2D eigenvalue weighted by Gasteiger charge is -2.42. The zero-order chi connectivity index (χ0) is 22.7. The number of benzene rings is 3. The Kier molecular flexibility index (Phi) is 4.77. The Balaban J connectivity index is 1.33. The van der Waals surface area contributed by atoms with Gasteiger partial charge >= 0.3 is 0 Å². The zero-order valence-corrected chi connectivity index (χ0v) is 19.9. The largest absolute Gasteiger partial charge is 0.363 e. The normalized spacial score (nSPS) is 23.7. The van der Waals surface area contributed by atoms with E-state index in [4.69, 9.17) is 0 Å². The minimum Gasteiger partial charge on any atom is -0.363 e. The fraction of sp³-hybridized carbons (Fsp3) is 0.414. The number of piperazine rings is 1. The first-order chi connectivity index (χ1) is 15.9. The van der Waals surface area contributed by atoms with Crippen LogP contribution in [-0.2, 0) is 5.54 Å². The van der Waals surface area contributed by atoms with Crippen LogP contribution in [0.5, 0.6) is 0 Å². The third-order valence-electron chi connectivity index (χ3n) is 8.14. The number of nitrogens with zero attached hydrogens (tertiary/aromatic N) is 2. The summed E-state index contributed by atoms with van der Waals surface area (Å²) in [5.41, 5.74) is 5.41. The summed E-state index contributed by atoms with van der Waals surface area (Å²) in [7, 11) is 2.23. The average molecular weight is 440 g/mol. The minimum atomic E-state index is -0.248. The minimum absolute atomic E-state index is 0.0562. The molecule has 4 heteroatoms. The van der Waals surface area contributed by atoms with Gasteiger partial charge in [0.1, 0.15) is 0 Å². The van der Waals surface area contributed by atoms with E-state index in [0.29, 0.717) is 12.1 Å². The first kappa shape index (κ1) is 20.7. The predicted molar refractivity (Wildman–Crippen MR) is 135 cm³/mol. The van der Waals surface area contributed by atoms with Crippen molar-refractivity contribution in [1.82, 2.24) is 10.2 Å². The van der Waals surface area contributed by atoms with Crippen LogP contribution in [0.2, 0.25) is 0 Å². The number of hydrogen-bond donors (Lipinski definition) is 1. The lowest BCUT2D eigenvalue weighted by atomic mass is 9.95. The maximum absolute atomic E-state index is 13.7. The highest BCUT2D eigenvalue weighted by Gasteiger charge is 2.47. The molecule has 170 valence electrons. The van der Waals surface area contributed by atoms with Crippen LogP contribution in [0.15, 0.2) is 54.6 Å². The number of carbonyl (C=O) groups excluding carboxylic acids is 1. The van der Waals surface area contributed by atoms with Gasteiger partial charge in [0.25, 0.3) is 5.91 Å². The van der Waals surface area contributed by atoms with Crippen LogP contribution in [0.25, 0.3) is 10.8 Å². The Morgan fingerprint density at radius 3 is 2.36 bits per heavy atom. The Hall–Kier alpha value is -2.85. The van der Waals surface area contributed by atoms with E-state index in [2.05, 4.69) is 90.6 Å². The van der Waals surface area contributed by atoms with E-state index in [1.54, 1.807) is 0 Å². The molecule has 2 unspecified atom stereocenters. The van der Waals surface area contributed by atoms with Gasteiger partial charge < -0.3 is 15.1 Å². The standard InChI is InChI=1S/C29H33N3O/c1-19-15-20(2)27(32-22-11-12-23(32)18-31(3)17-22)16-25(19)28(33)30-29(13-14-29)26-10-6-8-21-7-4-5-9-24(21)26/h4-10,15-16,22-23H,11-14,17-18H2,1-3H3,(H,30,33). The van der Waals surface area contributed by atoms with Crippen LogP contribution < -0.4 is 10.2 Å². The van der Waals surface area contributed by atoms with Crippen molar-refractivity contribution in [3.63, 3.8) is 0 Å². The second-order valence-electron chi connectivity index (χ2n) is 10.5. The molecule has 1 N–H and O–H groups in total. The van der Waals surface area contributed by atoms with Gasteiger partial charge in [-0.3, -0.25) is 4.79 Å². The Morgan fingerprint density at radius 1 is 0.939 bits per heavy atom. The van der Waals surface area contributed by atoms with E-state index < -0.39 is 0 Å². The van der Waals surface area contributed by atoms with Gasteiger partial charge in [-0.05, 0) is 80.1 Å². The topological polar surface area (TPSA) is 35.6 Å². The van der Waals surface area contributed by atoms with Crippen molar-refractivity contribution in [3.8, 4) is 0 Å². The first-order valence-corrected chi connectivity index (χ1v) is 12.3. The molecule has 0 radical (unpaired) electrons. The van der Waals surface area contributed by atoms with Gasteiger partial charge in [0.05, 0.1) is 5.54 Å². The number of hydrogen-bond acceptors (Lipinski definition) is 3. The lowest BCUT2D eigenvalue weighted by molar-refractivity contribution is 0.0930. The van der Waals surface area contributed by atoms with Crippen molar-refractivity contribution in [2.24, 2.45) is 0 Å². The highest BCUT2D eigenvalue weighted by atomic mass is 16.1. The maximum atomic E-state index is 13.7. The second-order valence-corrected chi connectivity index (χ2v) is 10.5. The van der Waals surface area contributed by atoms with E-state index in [-0.39, 0.29) is 11.4 Å². The molecule has 2 bridgehead atoms. The maximum Gasteiger partial charge on any atom is 0.252 e. The number of nitrogens with one attached hydrogen (secondary N) is 1. The van der Waals surface area contributed by atoms with Gasteiger partial charge in [0.2, 0.25) is 0 Å². The second kappa shape index (κ2) is 7.59. The van der Waals surface area contributed by atoms with Gasteiger partial charge in [-0.15, -0.1) is 0 Å². The summed E-state index contributed by atoms with van der Waals surface area (Å²) >= 11 is 0. The molecule has 2 heterocycles. The molecule has 33 heavy (non-hydrogen) atoms. The van der Waals surface area contributed by atoms with Gasteiger partial charge in [-0.2, -0.15) is 0 Å². The molecule has 1 amide bonds. The first-order valence-electron chi connectivity index (χ1n) is 12.3. The molecule has 6 rings (SSSR count). The monoisotopic (exact) mass is 439 g/mol. The number of rotatable bonds is 4. The molecule has 3 fully saturated rings. The van der Waals surface area contributed by atoms with Crippen molar-refractivity contribution in [1.29, 1.82) is 0 Å². The van der Waals surface area contributed by atoms with Gasteiger partial charge in [0.15, 0.2) is 0 Å². The van der Waals surface area contributed by atoms with Crippen LogP contribution >= 0.6 is 0 Å². The number of amides is 1. The summed E-state index contributed by atoms with van der Waals surface area (Å²) in [4.78, 5) is 18.7. The summed E-state index contributed by atoms with van der Waals surface area (Å²) in [5, 5.41) is 5.94. The molecule has 3 aliphatic rings. The predicted octanol–water partition coefficient (Wildman–Crippen LogP) is 5.16. The number of aryl methyl sites for hydroxylation is 2. The van der Waals surface area contributed by atoms with Crippen LogP contribution in [0, 0.1) is 13.8 Å². The molecule has 2 atom stereocenters. The Labute approximate surface area is 196 Å². The highest BCUT2D eigenvalue weighted by molar-refractivity contribution is 5.98. The van der Waals surface area contributed by atoms with Crippen LogP contribution in [0.1, 0.15) is 52.7 Å². The fourth-order valence-electron chi connectivity index (χ4n) is 6.38. The fourth-order valence-corrected chi connectivity index (χ4v) is 6.38. The van der Waals surface area contributed by atoms with Crippen molar-refractivity contribution in [3.05, 3.63) is 76.9 Å². The number of fused-ring (bicyclic) bond motifs is 3. The van der Waals surface area contributed by atoms with Crippen LogP contribution in [0.3, 0.4) is 0 Å². The van der Waals surface area contributed by atoms with Crippen molar-refractivity contribution in [2.45, 2.75) is 57.2 Å². The van der Waals surface area contributed by atoms with Gasteiger partial charge in [0, 0.05) is 36.4 Å². The zero-order valence-electron chi connectivity index (χ0n) is 19.9. The molecular weight excluding hydrogens is 406 g/mol. The third kappa shape index (κ3) is 3.43. The van der Waals surface area contributed by atoms with Gasteiger partial charge in [-0.25, -0.2) is 0 Å². The summed E-state index contributed by atoms with van der Waals surface area (Å²) in [6, 6.07) is 20.4. The van der Waals surface area contributed by atoms with E-state index in [9.17, 15) is 4.79 Å². The molecule has 3 aromatic rings. The smallest absolute Gasteiger partial charge is 0.252 e. The van der Waals surface area contributed by atoms with Crippen molar-refractivity contribution >= 4 is 22.4 Å². The SMILES string of the molecule is Cc1cc(C)c(N2C3CCC2CN(C)C3)cc1C(=O)NC1(c2cccc3ccccc23)CC1. The molecular formula is C29H33N3O. The molecule has 1 saturated carbocycles. The molecule has 0 spiro atoms. The third-order valence-corrected chi connectivity index (χ3v) is 8.14. The summed E-state index contributed by atoms with van der Waals surface area (Å²) in [6.45, 7) is 6.48. The van der Waals surface area contributed by atoms with Crippen LogP contribution in [-0.4, -0.2) is 43.0 Å². The molecule has 2 saturated heterocycles. The van der Waals surface area contributed by atoms with Crippen molar-refractivity contribution < 1.29 is 4.79 Å². The highest BCUT2D eigenvalue weighted by Crippen LogP contribution is 2.48. The molecule has 0 aromatic heterocycles. The van der Waals surface area contributed by atoms with Crippen LogP contribution in [0.4, 0.5) is 5.69 Å². The number of likely N-dealkylation sites (N-methyl/N-ethyl adjacent to an activating group) is 1. The summed E-state index contributed by atoms with van der Waals surface area (Å²) < 4.78 is 0. The van der Waals surface area contributed by atoms with E-state index in [1.807, 2.05) is 0 Å². The molecule has 3 aromatic carbocycles. The summed E-state index contributed by atoms with van der Waals surface area (Å²) in [6.07, 6.45) is 4.47. The van der Waals surface area contributed by atoms with Crippen molar-refractivity contribution in [2.75, 3.05) is 25.0 Å². The van der Waals surface area contributed by atoms with E-state index in [1.165, 1.54) is 40.4 Å². The quantitative estimate of drug-likeness (QED) is 0.610. The molecule has 1 aliphatic carbocycles. The Morgan fingerprint density at radius 2 is 1.64 bits per heavy atom. The average Bonchev–Trinajstić information content (AvgIpc) is 3.52. The van der Waals surface area contributed by atoms with E-state index in [0.717, 1.165) is 37.1 Å². The number of likely N-dealkylation sites (tertiary alicyclic amines) is 1. The van der Waals surface area contributed by atoms with E-state index >= 15 is 0 Å². The summed E-state index contributed by atoms with van der Waals surface area (Å²) in [5.74, 6) is 0.0562. The van der Waals surface area contributed by atoms with Gasteiger partial charge in [-0.1, -0.05) is 48.5 Å². The molecule has 4 nitrogen and oxygen atoms in total. The number of anilines is 1. The lowest BCUT2D eigenvalue weighted by Crippen LogP contribution is -2.52. The number of carbonyl (C=O) groups is 1. The molecule has 2 aliphatic heterocycles.